The van der Waals surface area contributed by atoms with Crippen LogP contribution in [0.25, 0.3) is 10.8 Å². The lowest BCUT2D eigenvalue weighted by Gasteiger charge is -2.15. The summed E-state index contributed by atoms with van der Waals surface area (Å²) in [5.74, 6) is -0.364. The Kier molecular flexibility index (Phi) is 6.74. The first kappa shape index (κ1) is 22.1. The van der Waals surface area contributed by atoms with Crippen LogP contribution in [0.5, 0.6) is 5.75 Å². The monoisotopic (exact) mass is 422 g/mol. The molecular formula is C24H26N2O5. The van der Waals surface area contributed by atoms with Crippen LogP contribution >= 0.6 is 0 Å². The molecule has 3 aromatic rings. The predicted molar refractivity (Wildman–Crippen MR) is 119 cm³/mol. The van der Waals surface area contributed by atoms with Gasteiger partial charge in [-0.2, -0.15) is 0 Å². The lowest BCUT2D eigenvalue weighted by molar-refractivity contribution is -0.150. The number of carbonyl (C=O) groups is 2. The zero-order valence-corrected chi connectivity index (χ0v) is 18.1. The first-order valence-corrected chi connectivity index (χ1v) is 10.1. The van der Waals surface area contributed by atoms with E-state index in [2.05, 4.69) is 5.32 Å². The van der Waals surface area contributed by atoms with Crippen LogP contribution in [0, 0.1) is 13.8 Å². The molecule has 0 bridgehead atoms. The van der Waals surface area contributed by atoms with Crippen LogP contribution in [-0.2, 0) is 20.9 Å². The summed E-state index contributed by atoms with van der Waals surface area (Å²) in [6.07, 6.45) is 0.742. The van der Waals surface area contributed by atoms with Gasteiger partial charge in [-0.3, -0.25) is 9.59 Å². The number of rotatable bonds is 7. The first-order valence-electron chi connectivity index (χ1n) is 10.1. The average molecular weight is 422 g/mol. The van der Waals surface area contributed by atoms with Gasteiger partial charge >= 0.3 is 5.97 Å². The SMILES string of the molecule is CCOC(=O)C(C)Oc1cccc2c(=O)n(CC(=O)Nc3cc(C)ccc3C)ccc12. The molecule has 1 amide bonds. The third-order valence-electron chi connectivity index (χ3n) is 4.88. The molecule has 0 fully saturated rings. The highest BCUT2D eigenvalue weighted by Crippen LogP contribution is 2.24. The fourth-order valence-electron chi connectivity index (χ4n) is 3.23. The van der Waals surface area contributed by atoms with Crippen molar-refractivity contribution in [2.45, 2.75) is 40.3 Å². The molecular weight excluding hydrogens is 396 g/mol. The maximum atomic E-state index is 12.9. The fourth-order valence-corrected chi connectivity index (χ4v) is 3.23. The number of esters is 1. The second-order valence-corrected chi connectivity index (χ2v) is 7.34. The summed E-state index contributed by atoms with van der Waals surface area (Å²) in [7, 11) is 0. The van der Waals surface area contributed by atoms with Crippen LogP contribution < -0.4 is 15.6 Å². The topological polar surface area (TPSA) is 86.6 Å². The Morgan fingerprint density at radius 1 is 1.10 bits per heavy atom. The van der Waals surface area contributed by atoms with E-state index in [-0.39, 0.29) is 24.6 Å². The van der Waals surface area contributed by atoms with Crippen molar-refractivity contribution in [3.8, 4) is 5.75 Å². The van der Waals surface area contributed by atoms with Gasteiger partial charge in [-0.05, 0) is 63.1 Å². The van der Waals surface area contributed by atoms with E-state index in [1.807, 2.05) is 32.0 Å². The molecule has 7 nitrogen and oxygen atoms in total. The normalized spacial score (nSPS) is 11.7. The standard InChI is InChI=1S/C24H26N2O5/c1-5-30-24(29)17(4)31-21-8-6-7-19-18(21)11-12-26(23(19)28)14-22(27)25-20-13-15(2)9-10-16(20)3/h6-13,17H,5,14H2,1-4H3,(H,25,27). The summed E-state index contributed by atoms with van der Waals surface area (Å²) in [6, 6.07) is 12.5. The van der Waals surface area contributed by atoms with Crippen molar-refractivity contribution in [1.82, 2.24) is 4.57 Å². The second kappa shape index (κ2) is 9.47. The summed E-state index contributed by atoms with van der Waals surface area (Å²) in [5, 5.41) is 3.83. The van der Waals surface area contributed by atoms with Gasteiger partial charge in [0, 0.05) is 17.3 Å². The highest BCUT2D eigenvalue weighted by atomic mass is 16.6. The molecule has 0 radical (unpaired) electrons. The van der Waals surface area contributed by atoms with Crippen LogP contribution in [0.4, 0.5) is 5.69 Å². The van der Waals surface area contributed by atoms with Crippen LogP contribution in [0.15, 0.2) is 53.5 Å². The molecule has 0 aliphatic rings. The third kappa shape index (κ3) is 5.12. The second-order valence-electron chi connectivity index (χ2n) is 7.34. The molecule has 3 rings (SSSR count). The van der Waals surface area contributed by atoms with E-state index in [9.17, 15) is 14.4 Å². The smallest absolute Gasteiger partial charge is 0.347 e. The van der Waals surface area contributed by atoms with E-state index in [0.29, 0.717) is 16.5 Å². The predicted octanol–water partition coefficient (Wildman–Crippen LogP) is 3.59. The number of nitrogens with zero attached hydrogens (tertiary/aromatic N) is 1. The number of hydrogen-bond acceptors (Lipinski definition) is 5. The molecule has 0 spiro atoms. The van der Waals surface area contributed by atoms with Crippen molar-refractivity contribution in [2.24, 2.45) is 0 Å². The molecule has 0 aliphatic carbocycles. The minimum Gasteiger partial charge on any atom is -0.478 e. The van der Waals surface area contributed by atoms with E-state index in [1.54, 1.807) is 44.3 Å². The minimum atomic E-state index is -0.809. The van der Waals surface area contributed by atoms with Gasteiger partial charge in [0.2, 0.25) is 5.91 Å². The number of fused-ring (bicyclic) bond motifs is 1. The fraction of sp³-hybridized carbons (Fsp3) is 0.292. The van der Waals surface area contributed by atoms with Crippen molar-refractivity contribution in [2.75, 3.05) is 11.9 Å². The molecule has 1 atom stereocenters. The van der Waals surface area contributed by atoms with Crippen molar-refractivity contribution < 1.29 is 19.1 Å². The number of aromatic nitrogens is 1. The Hall–Kier alpha value is -3.61. The Labute approximate surface area is 180 Å². The Morgan fingerprint density at radius 2 is 1.87 bits per heavy atom. The number of ether oxygens (including phenoxy) is 2. The van der Waals surface area contributed by atoms with Crippen LogP contribution in [-0.4, -0.2) is 29.2 Å². The number of anilines is 1. The van der Waals surface area contributed by atoms with Gasteiger partial charge in [0.1, 0.15) is 12.3 Å². The van der Waals surface area contributed by atoms with Gasteiger partial charge in [0.25, 0.3) is 5.56 Å². The molecule has 0 saturated carbocycles. The van der Waals surface area contributed by atoms with Crippen molar-refractivity contribution in [3.63, 3.8) is 0 Å². The van der Waals surface area contributed by atoms with Gasteiger partial charge in [-0.1, -0.05) is 18.2 Å². The van der Waals surface area contributed by atoms with E-state index < -0.39 is 12.1 Å². The summed E-state index contributed by atoms with van der Waals surface area (Å²) >= 11 is 0. The van der Waals surface area contributed by atoms with Gasteiger partial charge in [-0.25, -0.2) is 4.79 Å². The molecule has 1 N–H and O–H groups in total. The third-order valence-corrected chi connectivity index (χ3v) is 4.88. The number of carbonyl (C=O) groups excluding carboxylic acids is 2. The number of amides is 1. The van der Waals surface area contributed by atoms with E-state index >= 15 is 0 Å². The lowest BCUT2D eigenvalue weighted by atomic mass is 10.1. The molecule has 1 aromatic heterocycles. The number of nitrogens with one attached hydrogen (secondary N) is 1. The van der Waals surface area contributed by atoms with Gasteiger partial charge < -0.3 is 19.4 Å². The van der Waals surface area contributed by atoms with Crippen LogP contribution in [0.2, 0.25) is 0 Å². The highest BCUT2D eigenvalue weighted by molar-refractivity contribution is 5.92. The first-order chi connectivity index (χ1) is 14.8. The quantitative estimate of drug-likeness (QED) is 0.588. The van der Waals surface area contributed by atoms with E-state index in [1.165, 1.54) is 4.57 Å². The van der Waals surface area contributed by atoms with Crippen LogP contribution in [0.3, 0.4) is 0 Å². The molecule has 162 valence electrons. The summed E-state index contributed by atoms with van der Waals surface area (Å²) in [4.78, 5) is 37.3. The molecule has 2 aromatic carbocycles. The van der Waals surface area contributed by atoms with E-state index in [4.69, 9.17) is 9.47 Å². The zero-order chi connectivity index (χ0) is 22.5. The number of aryl methyl sites for hydroxylation is 2. The minimum absolute atomic E-state index is 0.119. The van der Waals surface area contributed by atoms with Gasteiger partial charge in [0.05, 0.1) is 12.0 Å². The maximum Gasteiger partial charge on any atom is 0.347 e. The van der Waals surface area contributed by atoms with Crippen molar-refractivity contribution >= 4 is 28.3 Å². The molecule has 0 aliphatic heterocycles. The number of hydrogen-bond donors (Lipinski definition) is 1. The van der Waals surface area contributed by atoms with E-state index in [0.717, 1.165) is 16.8 Å². The zero-order valence-electron chi connectivity index (χ0n) is 18.1. The van der Waals surface area contributed by atoms with Gasteiger partial charge in [-0.15, -0.1) is 0 Å². The lowest BCUT2D eigenvalue weighted by Crippen LogP contribution is -2.28. The Bertz CT molecular complexity index is 1180. The molecule has 7 heteroatoms. The Balaban J connectivity index is 1.83. The summed E-state index contributed by atoms with van der Waals surface area (Å²) in [6.45, 7) is 7.32. The van der Waals surface area contributed by atoms with Crippen molar-refractivity contribution in [1.29, 1.82) is 0 Å². The van der Waals surface area contributed by atoms with Crippen molar-refractivity contribution in [3.05, 3.63) is 70.1 Å². The summed E-state index contributed by atoms with van der Waals surface area (Å²) < 4.78 is 12.0. The Morgan fingerprint density at radius 3 is 2.61 bits per heavy atom. The molecule has 31 heavy (non-hydrogen) atoms. The highest BCUT2D eigenvalue weighted by Gasteiger charge is 2.18. The number of pyridine rings is 1. The largest absolute Gasteiger partial charge is 0.478 e. The summed E-state index contributed by atoms with van der Waals surface area (Å²) in [5.41, 5.74) is 2.39. The van der Waals surface area contributed by atoms with Gasteiger partial charge in [0.15, 0.2) is 6.10 Å². The molecule has 1 heterocycles. The maximum absolute atomic E-state index is 12.9. The van der Waals surface area contributed by atoms with Crippen LogP contribution in [0.1, 0.15) is 25.0 Å². The molecule has 0 saturated heterocycles. The molecule has 1 unspecified atom stereocenters. The average Bonchev–Trinajstić information content (AvgIpc) is 2.73. The number of benzene rings is 2.